The highest BCUT2D eigenvalue weighted by molar-refractivity contribution is 6.31. The lowest BCUT2D eigenvalue weighted by molar-refractivity contribution is 0.259. The van der Waals surface area contributed by atoms with Crippen molar-refractivity contribution >= 4 is 34.7 Å². The number of urea groups is 1. The molecule has 0 aromatic heterocycles. The van der Waals surface area contributed by atoms with Crippen molar-refractivity contribution in [2.45, 2.75) is 13.8 Å². The molecule has 4 heteroatoms. The van der Waals surface area contributed by atoms with E-state index in [9.17, 15) is 4.79 Å². The molecule has 0 aliphatic carbocycles. The van der Waals surface area contributed by atoms with E-state index in [4.69, 9.17) is 11.6 Å². The Morgan fingerprint density at radius 3 is 2.57 bits per heavy atom. The van der Waals surface area contributed by atoms with Gasteiger partial charge in [0, 0.05) is 10.6 Å². The summed E-state index contributed by atoms with van der Waals surface area (Å²) in [5.41, 5.74) is 5.38. The minimum atomic E-state index is -0.224. The number of rotatable bonds is 1. The van der Waals surface area contributed by atoms with E-state index < -0.39 is 0 Å². The highest BCUT2D eigenvalue weighted by Gasteiger charge is 2.28. The number of anilines is 2. The van der Waals surface area contributed by atoms with E-state index in [0.29, 0.717) is 16.4 Å². The number of halogens is 1. The van der Waals surface area contributed by atoms with Crippen molar-refractivity contribution in [3.63, 3.8) is 0 Å². The molecular weight excluding hydrogens is 284 g/mol. The number of fused-ring (bicyclic) bond motifs is 1. The summed E-state index contributed by atoms with van der Waals surface area (Å²) < 4.78 is 0. The lowest BCUT2D eigenvalue weighted by Gasteiger charge is -2.32. The number of carbonyl (C=O) groups excluding carboxylic acids is 1. The van der Waals surface area contributed by atoms with Crippen molar-refractivity contribution in [3.05, 3.63) is 64.7 Å². The van der Waals surface area contributed by atoms with E-state index in [1.807, 2.05) is 38.1 Å². The fraction of sp³-hybridized carbons (Fsp3) is 0.118. The summed E-state index contributed by atoms with van der Waals surface area (Å²) in [7, 11) is 0. The zero-order valence-electron chi connectivity index (χ0n) is 11.9. The van der Waals surface area contributed by atoms with Gasteiger partial charge in [-0.25, -0.2) is 4.79 Å². The van der Waals surface area contributed by atoms with Crippen LogP contribution in [0.5, 0.6) is 0 Å². The Balaban J connectivity index is 2.11. The van der Waals surface area contributed by atoms with Gasteiger partial charge in [-0.2, -0.15) is 0 Å². The molecule has 0 saturated carbocycles. The van der Waals surface area contributed by atoms with Crippen LogP contribution in [0.15, 0.2) is 43.0 Å². The zero-order valence-corrected chi connectivity index (χ0v) is 12.7. The van der Waals surface area contributed by atoms with Crippen LogP contribution < -0.4 is 10.2 Å². The van der Waals surface area contributed by atoms with Crippen molar-refractivity contribution in [3.8, 4) is 0 Å². The second-order valence-electron chi connectivity index (χ2n) is 5.17. The lowest BCUT2D eigenvalue weighted by atomic mass is 10.00. The molecule has 2 amide bonds. The van der Waals surface area contributed by atoms with Crippen LogP contribution in [0.25, 0.3) is 5.70 Å². The summed E-state index contributed by atoms with van der Waals surface area (Å²) in [4.78, 5) is 13.9. The van der Waals surface area contributed by atoms with Gasteiger partial charge in [0.15, 0.2) is 0 Å². The molecule has 1 aliphatic heterocycles. The highest BCUT2D eigenvalue weighted by Crippen LogP contribution is 2.36. The van der Waals surface area contributed by atoms with E-state index in [2.05, 4.69) is 11.9 Å². The molecule has 0 saturated heterocycles. The van der Waals surface area contributed by atoms with Crippen LogP contribution in [-0.4, -0.2) is 6.03 Å². The molecule has 3 nitrogen and oxygen atoms in total. The second kappa shape index (κ2) is 4.93. The summed E-state index contributed by atoms with van der Waals surface area (Å²) >= 11 is 6.02. The average Bonchev–Trinajstić information content (AvgIpc) is 2.41. The number of carbonyl (C=O) groups is 1. The van der Waals surface area contributed by atoms with Crippen molar-refractivity contribution < 1.29 is 4.79 Å². The van der Waals surface area contributed by atoms with Gasteiger partial charge in [-0.3, -0.25) is 4.90 Å². The fourth-order valence-corrected chi connectivity index (χ4v) is 2.65. The van der Waals surface area contributed by atoms with Crippen molar-refractivity contribution in [2.24, 2.45) is 0 Å². The quantitative estimate of drug-likeness (QED) is 0.791. The minimum Gasteiger partial charge on any atom is -0.307 e. The van der Waals surface area contributed by atoms with Gasteiger partial charge >= 0.3 is 6.03 Å². The van der Waals surface area contributed by atoms with E-state index >= 15 is 0 Å². The molecule has 0 fully saturated rings. The highest BCUT2D eigenvalue weighted by atomic mass is 35.5. The standard InChI is InChI=1S/C17H15ClN2O/c1-10-7-15-12(3)20(14-6-4-5-13(18)9-14)17(21)19-16(15)8-11(10)2/h4-9H,3H2,1-2H3,(H,19,21). The molecule has 3 rings (SSSR count). The smallest absolute Gasteiger partial charge is 0.307 e. The maximum absolute atomic E-state index is 12.4. The molecule has 1 aliphatic rings. The molecule has 2 aromatic rings. The van der Waals surface area contributed by atoms with Gasteiger partial charge in [0.2, 0.25) is 0 Å². The molecule has 0 bridgehead atoms. The number of aryl methyl sites for hydroxylation is 2. The second-order valence-corrected chi connectivity index (χ2v) is 5.61. The van der Waals surface area contributed by atoms with E-state index in [1.54, 1.807) is 17.0 Å². The van der Waals surface area contributed by atoms with Crippen LogP contribution in [0.2, 0.25) is 5.02 Å². The predicted octanol–water partition coefficient (Wildman–Crippen LogP) is 4.98. The maximum Gasteiger partial charge on any atom is 0.330 e. The van der Waals surface area contributed by atoms with Gasteiger partial charge in [0.05, 0.1) is 17.1 Å². The van der Waals surface area contributed by atoms with Crippen LogP contribution in [-0.2, 0) is 0 Å². The van der Waals surface area contributed by atoms with Gasteiger partial charge < -0.3 is 5.32 Å². The number of hydrogen-bond acceptors (Lipinski definition) is 1. The van der Waals surface area contributed by atoms with Crippen molar-refractivity contribution in [1.82, 2.24) is 0 Å². The predicted molar refractivity (Wildman–Crippen MR) is 87.9 cm³/mol. The number of nitrogens with one attached hydrogen (secondary N) is 1. The van der Waals surface area contributed by atoms with E-state index in [0.717, 1.165) is 22.4 Å². The SMILES string of the molecule is C=C1c2cc(C)c(C)cc2NC(=O)N1c1cccc(Cl)c1. The summed E-state index contributed by atoms with van der Waals surface area (Å²) in [6, 6.07) is 11.0. The van der Waals surface area contributed by atoms with Gasteiger partial charge in [0.1, 0.15) is 0 Å². The molecule has 1 heterocycles. The normalized spacial score (nSPS) is 14.0. The molecule has 1 N–H and O–H groups in total. The third-order valence-electron chi connectivity index (χ3n) is 3.73. The Kier molecular flexibility index (Phi) is 3.22. The Morgan fingerprint density at radius 2 is 1.86 bits per heavy atom. The number of hydrogen-bond donors (Lipinski definition) is 1. The molecule has 0 spiro atoms. The Morgan fingerprint density at radius 1 is 1.14 bits per heavy atom. The average molecular weight is 299 g/mol. The monoisotopic (exact) mass is 298 g/mol. The Bertz CT molecular complexity index is 767. The molecule has 0 radical (unpaired) electrons. The van der Waals surface area contributed by atoms with Gasteiger partial charge in [-0.1, -0.05) is 24.2 Å². The van der Waals surface area contributed by atoms with Crippen LogP contribution in [0.3, 0.4) is 0 Å². The Hall–Kier alpha value is -2.26. The number of amides is 2. The molecule has 0 atom stereocenters. The molecule has 21 heavy (non-hydrogen) atoms. The molecule has 106 valence electrons. The number of benzene rings is 2. The first kappa shape index (κ1) is 13.7. The summed E-state index contributed by atoms with van der Waals surface area (Å²) in [6.07, 6.45) is 0. The van der Waals surface area contributed by atoms with Crippen molar-refractivity contribution in [2.75, 3.05) is 10.2 Å². The topological polar surface area (TPSA) is 32.3 Å². The van der Waals surface area contributed by atoms with Gasteiger partial charge in [0.25, 0.3) is 0 Å². The fourth-order valence-electron chi connectivity index (χ4n) is 2.46. The van der Waals surface area contributed by atoms with Gasteiger partial charge in [-0.15, -0.1) is 0 Å². The lowest BCUT2D eigenvalue weighted by Crippen LogP contribution is -2.37. The third-order valence-corrected chi connectivity index (χ3v) is 3.96. The molecular formula is C17H15ClN2O. The Labute approximate surface area is 128 Å². The first-order valence-electron chi connectivity index (χ1n) is 6.64. The van der Waals surface area contributed by atoms with Crippen LogP contribution in [0.4, 0.5) is 16.2 Å². The summed E-state index contributed by atoms with van der Waals surface area (Å²) in [5.74, 6) is 0. The molecule has 0 unspecified atom stereocenters. The van der Waals surface area contributed by atoms with Crippen LogP contribution in [0, 0.1) is 13.8 Å². The summed E-state index contributed by atoms with van der Waals surface area (Å²) in [6.45, 7) is 8.15. The summed E-state index contributed by atoms with van der Waals surface area (Å²) in [5, 5.41) is 3.49. The van der Waals surface area contributed by atoms with E-state index in [1.165, 1.54) is 0 Å². The first-order chi connectivity index (χ1) is 9.97. The maximum atomic E-state index is 12.4. The van der Waals surface area contributed by atoms with Crippen LogP contribution in [0.1, 0.15) is 16.7 Å². The first-order valence-corrected chi connectivity index (χ1v) is 7.02. The van der Waals surface area contributed by atoms with Gasteiger partial charge in [-0.05, 0) is 55.3 Å². The third kappa shape index (κ3) is 2.30. The van der Waals surface area contributed by atoms with Crippen LogP contribution >= 0.6 is 11.6 Å². The molecule has 2 aromatic carbocycles. The van der Waals surface area contributed by atoms with E-state index in [-0.39, 0.29) is 6.03 Å². The zero-order chi connectivity index (χ0) is 15.1. The minimum absolute atomic E-state index is 0.224. The largest absolute Gasteiger partial charge is 0.330 e. The number of nitrogens with zero attached hydrogens (tertiary/aromatic N) is 1. The van der Waals surface area contributed by atoms with Crippen molar-refractivity contribution in [1.29, 1.82) is 0 Å².